The molecular weight excluding hydrogens is 388 g/mol. The number of rotatable bonds is 5. The lowest BCUT2D eigenvalue weighted by molar-refractivity contribution is -0.123. The van der Waals surface area contributed by atoms with Gasteiger partial charge in [-0.1, -0.05) is 6.07 Å². The van der Waals surface area contributed by atoms with Gasteiger partial charge in [0.25, 0.3) is 11.8 Å². The number of fused-ring (bicyclic) bond motifs is 2. The van der Waals surface area contributed by atoms with Gasteiger partial charge in [-0.3, -0.25) is 9.59 Å². The van der Waals surface area contributed by atoms with E-state index in [1.807, 2.05) is 12.1 Å². The number of primary amides is 1. The van der Waals surface area contributed by atoms with Gasteiger partial charge in [-0.2, -0.15) is 0 Å². The van der Waals surface area contributed by atoms with Gasteiger partial charge in [0.05, 0.1) is 11.1 Å². The lowest BCUT2D eigenvalue weighted by Gasteiger charge is -2.17. The summed E-state index contributed by atoms with van der Waals surface area (Å²) in [6.07, 6.45) is 5.98. The van der Waals surface area contributed by atoms with E-state index in [2.05, 4.69) is 5.32 Å². The van der Waals surface area contributed by atoms with Crippen molar-refractivity contribution in [3.05, 3.63) is 50.9 Å². The van der Waals surface area contributed by atoms with Crippen LogP contribution in [0.4, 0.5) is 5.00 Å². The summed E-state index contributed by atoms with van der Waals surface area (Å²) in [6.45, 7) is 1.52. The van der Waals surface area contributed by atoms with Crippen LogP contribution in [-0.2, 0) is 35.2 Å². The number of hydrogen-bond acceptors (Lipinski definition) is 5. The van der Waals surface area contributed by atoms with E-state index in [9.17, 15) is 14.4 Å². The van der Waals surface area contributed by atoms with Crippen LogP contribution in [0.15, 0.2) is 18.2 Å². The fourth-order valence-electron chi connectivity index (χ4n) is 4.11. The molecule has 2 amide bonds. The van der Waals surface area contributed by atoms with Crippen LogP contribution in [0.2, 0.25) is 0 Å². The number of aryl methyl sites for hydroxylation is 3. The molecule has 2 aliphatic carbocycles. The van der Waals surface area contributed by atoms with E-state index in [-0.39, 0.29) is 0 Å². The normalized spacial score (nSPS) is 15.9. The number of nitrogens with two attached hydrogens (primary N) is 1. The summed E-state index contributed by atoms with van der Waals surface area (Å²) < 4.78 is 5.38. The highest BCUT2D eigenvalue weighted by molar-refractivity contribution is 7.17. The smallest absolute Gasteiger partial charge is 0.338 e. The third-order valence-electron chi connectivity index (χ3n) is 5.64. The van der Waals surface area contributed by atoms with Crippen LogP contribution in [0.1, 0.15) is 68.5 Å². The second kappa shape index (κ2) is 7.99. The lowest BCUT2D eigenvalue weighted by Crippen LogP contribution is -2.30. The molecule has 0 saturated heterocycles. The van der Waals surface area contributed by atoms with E-state index in [0.29, 0.717) is 16.1 Å². The Labute approximate surface area is 173 Å². The van der Waals surface area contributed by atoms with Crippen molar-refractivity contribution in [2.75, 3.05) is 5.32 Å². The van der Waals surface area contributed by atoms with E-state index < -0.39 is 23.9 Å². The van der Waals surface area contributed by atoms with Crippen molar-refractivity contribution in [2.45, 2.75) is 58.0 Å². The second-order valence-electron chi connectivity index (χ2n) is 7.65. The number of esters is 1. The summed E-state index contributed by atoms with van der Waals surface area (Å²) in [5.74, 6) is -1.54. The van der Waals surface area contributed by atoms with Gasteiger partial charge in [0, 0.05) is 4.88 Å². The Kier molecular flexibility index (Phi) is 5.41. The Bertz CT molecular complexity index is 995. The Morgan fingerprint density at radius 3 is 2.59 bits per heavy atom. The molecule has 1 heterocycles. The minimum atomic E-state index is -0.990. The first-order valence-electron chi connectivity index (χ1n) is 10.0. The van der Waals surface area contributed by atoms with Crippen molar-refractivity contribution in [2.24, 2.45) is 5.73 Å². The second-order valence-corrected chi connectivity index (χ2v) is 8.76. The summed E-state index contributed by atoms with van der Waals surface area (Å²) in [4.78, 5) is 38.0. The zero-order chi connectivity index (χ0) is 20.5. The first-order chi connectivity index (χ1) is 13.9. The third-order valence-corrected chi connectivity index (χ3v) is 6.85. The fraction of sp³-hybridized carbons (Fsp3) is 0.409. The Morgan fingerprint density at radius 2 is 1.83 bits per heavy atom. The molecule has 1 atom stereocenters. The predicted molar refractivity (Wildman–Crippen MR) is 111 cm³/mol. The predicted octanol–water partition coefficient (Wildman–Crippen LogP) is 3.40. The van der Waals surface area contributed by atoms with E-state index in [1.54, 1.807) is 6.07 Å². The van der Waals surface area contributed by atoms with Gasteiger partial charge < -0.3 is 15.8 Å². The maximum atomic E-state index is 12.6. The third kappa shape index (κ3) is 3.92. The van der Waals surface area contributed by atoms with Crippen molar-refractivity contribution in [3.8, 4) is 0 Å². The highest BCUT2D eigenvalue weighted by Crippen LogP contribution is 2.38. The van der Waals surface area contributed by atoms with Gasteiger partial charge in [0.2, 0.25) is 0 Å². The van der Waals surface area contributed by atoms with Crippen LogP contribution in [0, 0.1) is 0 Å². The lowest BCUT2D eigenvalue weighted by atomic mass is 9.90. The summed E-state index contributed by atoms with van der Waals surface area (Å²) in [5, 5.41) is 3.18. The molecule has 3 N–H and O–H groups in total. The number of ether oxygens (including phenoxy) is 1. The maximum Gasteiger partial charge on any atom is 0.338 e. The molecule has 152 valence electrons. The van der Waals surface area contributed by atoms with Crippen molar-refractivity contribution >= 4 is 34.1 Å². The zero-order valence-corrected chi connectivity index (χ0v) is 17.2. The average molecular weight is 413 g/mol. The number of carbonyl (C=O) groups is 3. The van der Waals surface area contributed by atoms with Gasteiger partial charge in [0.15, 0.2) is 6.10 Å². The topological polar surface area (TPSA) is 98.5 Å². The van der Waals surface area contributed by atoms with E-state index in [4.69, 9.17) is 10.5 Å². The molecular formula is C22H24N2O4S. The van der Waals surface area contributed by atoms with Crippen LogP contribution >= 0.6 is 11.3 Å². The molecule has 7 heteroatoms. The molecule has 29 heavy (non-hydrogen) atoms. The quantitative estimate of drug-likeness (QED) is 0.736. The molecule has 2 aliphatic rings. The number of anilines is 1. The van der Waals surface area contributed by atoms with Crippen LogP contribution < -0.4 is 11.1 Å². The molecule has 1 aromatic heterocycles. The molecule has 0 aliphatic heterocycles. The van der Waals surface area contributed by atoms with Gasteiger partial charge in [-0.05, 0) is 80.7 Å². The number of hydrogen-bond donors (Lipinski definition) is 2. The molecule has 0 saturated carbocycles. The summed E-state index contributed by atoms with van der Waals surface area (Å²) in [5.41, 5.74) is 9.78. The maximum absolute atomic E-state index is 12.6. The highest BCUT2D eigenvalue weighted by Gasteiger charge is 2.28. The minimum absolute atomic E-state index is 0.393. The number of benzene rings is 1. The number of thiophene rings is 1. The van der Waals surface area contributed by atoms with E-state index >= 15 is 0 Å². The monoisotopic (exact) mass is 412 g/mol. The Hall–Kier alpha value is -2.67. The standard InChI is InChI=1S/C22H24N2O4S/c1-12(28-22(27)15-10-9-13-5-2-3-6-14(13)11-15)20(26)24-21-18(19(23)25)16-7-4-8-17(16)29-21/h9-12H,2-8H2,1H3,(H2,23,25)(H,24,26)/t12-/m0/s1. The molecule has 0 unspecified atom stereocenters. The van der Waals surface area contributed by atoms with Crippen LogP contribution in [0.3, 0.4) is 0 Å². The molecule has 0 spiro atoms. The van der Waals surface area contributed by atoms with Gasteiger partial charge in [0.1, 0.15) is 5.00 Å². The first kappa shape index (κ1) is 19.6. The van der Waals surface area contributed by atoms with Crippen molar-refractivity contribution in [1.82, 2.24) is 0 Å². The van der Waals surface area contributed by atoms with E-state index in [1.165, 1.54) is 35.8 Å². The van der Waals surface area contributed by atoms with Gasteiger partial charge >= 0.3 is 5.97 Å². The fourth-order valence-corrected chi connectivity index (χ4v) is 5.41. The van der Waals surface area contributed by atoms with E-state index in [0.717, 1.165) is 49.0 Å². The summed E-state index contributed by atoms with van der Waals surface area (Å²) in [7, 11) is 0. The van der Waals surface area contributed by atoms with Crippen molar-refractivity contribution in [1.29, 1.82) is 0 Å². The average Bonchev–Trinajstić information content (AvgIpc) is 3.27. The summed E-state index contributed by atoms with van der Waals surface area (Å²) >= 11 is 1.38. The van der Waals surface area contributed by atoms with Crippen molar-refractivity contribution in [3.63, 3.8) is 0 Å². The molecule has 0 radical (unpaired) electrons. The van der Waals surface area contributed by atoms with Crippen LogP contribution in [0.5, 0.6) is 0 Å². The Balaban J connectivity index is 1.44. The number of carbonyl (C=O) groups excluding carboxylic acids is 3. The molecule has 6 nitrogen and oxygen atoms in total. The largest absolute Gasteiger partial charge is 0.449 e. The van der Waals surface area contributed by atoms with Crippen LogP contribution in [0.25, 0.3) is 0 Å². The summed E-state index contributed by atoms with van der Waals surface area (Å²) in [6, 6.07) is 5.60. The molecule has 0 bridgehead atoms. The highest BCUT2D eigenvalue weighted by atomic mass is 32.1. The van der Waals surface area contributed by atoms with Crippen LogP contribution in [-0.4, -0.2) is 23.9 Å². The molecule has 4 rings (SSSR count). The minimum Gasteiger partial charge on any atom is -0.449 e. The molecule has 1 aromatic carbocycles. The molecule has 0 fully saturated rings. The van der Waals surface area contributed by atoms with Gasteiger partial charge in [-0.25, -0.2) is 4.79 Å². The first-order valence-corrected chi connectivity index (χ1v) is 10.8. The zero-order valence-electron chi connectivity index (χ0n) is 16.4. The number of amides is 2. The number of nitrogens with one attached hydrogen (secondary N) is 1. The molecule has 2 aromatic rings. The van der Waals surface area contributed by atoms with Gasteiger partial charge in [-0.15, -0.1) is 11.3 Å². The Morgan fingerprint density at radius 1 is 1.07 bits per heavy atom. The SMILES string of the molecule is C[C@H](OC(=O)c1ccc2c(c1)CCCC2)C(=O)Nc1sc2c(c1C(N)=O)CCC2. The van der Waals surface area contributed by atoms with Crippen molar-refractivity contribution < 1.29 is 19.1 Å².